The second kappa shape index (κ2) is 6.27. The Morgan fingerprint density at radius 3 is 2.68 bits per heavy atom. The maximum atomic E-state index is 6.27. The average molecular weight is 295 g/mol. The highest BCUT2D eigenvalue weighted by molar-refractivity contribution is 6.35. The van der Waals surface area contributed by atoms with Crippen molar-refractivity contribution in [3.8, 4) is 0 Å². The maximum absolute atomic E-state index is 6.27. The van der Waals surface area contributed by atoms with Crippen LogP contribution < -0.4 is 5.32 Å². The molecule has 0 aliphatic heterocycles. The van der Waals surface area contributed by atoms with Crippen molar-refractivity contribution in [3.05, 3.63) is 57.8 Å². The molecular formula is C15H16Cl2N2. The van der Waals surface area contributed by atoms with Crippen LogP contribution >= 0.6 is 23.2 Å². The molecule has 0 radical (unpaired) electrons. The fourth-order valence-electron chi connectivity index (χ4n) is 2.01. The van der Waals surface area contributed by atoms with Crippen LogP contribution in [0.2, 0.25) is 10.0 Å². The van der Waals surface area contributed by atoms with E-state index in [4.69, 9.17) is 23.2 Å². The van der Waals surface area contributed by atoms with Crippen molar-refractivity contribution >= 4 is 28.9 Å². The van der Waals surface area contributed by atoms with Crippen LogP contribution in [0.3, 0.4) is 0 Å². The number of rotatable bonds is 4. The molecule has 1 unspecified atom stereocenters. The summed E-state index contributed by atoms with van der Waals surface area (Å²) < 4.78 is 0. The van der Waals surface area contributed by atoms with Crippen molar-refractivity contribution in [1.29, 1.82) is 0 Å². The zero-order valence-electron chi connectivity index (χ0n) is 11.0. The van der Waals surface area contributed by atoms with Gasteiger partial charge in [-0.2, -0.15) is 0 Å². The smallest absolute Gasteiger partial charge is 0.0603 e. The zero-order valence-corrected chi connectivity index (χ0v) is 12.5. The molecule has 2 rings (SSSR count). The maximum Gasteiger partial charge on any atom is 0.0603 e. The fourth-order valence-corrected chi connectivity index (χ4v) is 2.55. The fraction of sp³-hybridized carbons (Fsp3) is 0.267. The highest BCUT2D eigenvalue weighted by Gasteiger charge is 2.14. The van der Waals surface area contributed by atoms with Gasteiger partial charge in [0.2, 0.25) is 0 Å². The van der Waals surface area contributed by atoms with E-state index < -0.39 is 0 Å². The zero-order chi connectivity index (χ0) is 13.8. The number of halogens is 2. The standard InChI is InChI=1S/C15H16Cl2N2/c1-3-14(12-7-6-11(16)9-13(12)17)19-15-5-4-8-18-10(15)2/h4-9,14,19H,3H2,1-2H3. The van der Waals surface area contributed by atoms with E-state index in [0.717, 1.165) is 23.4 Å². The molecule has 1 atom stereocenters. The van der Waals surface area contributed by atoms with Crippen molar-refractivity contribution in [2.75, 3.05) is 5.32 Å². The Morgan fingerprint density at radius 1 is 1.26 bits per heavy atom. The third-order valence-corrected chi connectivity index (χ3v) is 3.65. The molecule has 0 aliphatic carbocycles. The largest absolute Gasteiger partial charge is 0.377 e. The summed E-state index contributed by atoms with van der Waals surface area (Å²) in [5.41, 5.74) is 3.06. The van der Waals surface area contributed by atoms with Crippen molar-refractivity contribution in [2.24, 2.45) is 0 Å². The number of hydrogen-bond donors (Lipinski definition) is 1. The van der Waals surface area contributed by atoms with Crippen LogP contribution in [0, 0.1) is 6.92 Å². The van der Waals surface area contributed by atoms with Gasteiger partial charge in [0.05, 0.1) is 17.4 Å². The normalized spacial score (nSPS) is 12.2. The first kappa shape index (κ1) is 14.2. The van der Waals surface area contributed by atoms with Gasteiger partial charge in [-0.05, 0) is 43.2 Å². The minimum atomic E-state index is 0.146. The van der Waals surface area contributed by atoms with Gasteiger partial charge in [-0.1, -0.05) is 36.2 Å². The van der Waals surface area contributed by atoms with Crippen molar-refractivity contribution in [1.82, 2.24) is 4.98 Å². The molecule has 0 saturated carbocycles. The predicted molar refractivity (Wildman–Crippen MR) is 82.1 cm³/mol. The lowest BCUT2D eigenvalue weighted by Crippen LogP contribution is -2.11. The Labute approximate surface area is 123 Å². The molecule has 1 heterocycles. The Bertz CT molecular complexity index is 570. The van der Waals surface area contributed by atoms with E-state index in [9.17, 15) is 0 Å². The number of aromatic nitrogens is 1. The molecule has 1 N–H and O–H groups in total. The summed E-state index contributed by atoms with van der Waals surface area (Å²) in [6.45, 7) is 4.10. The summed E-state index contributed by atoms with van der Waals surface area (Å²) in [4.78, 5) is 4.28. The first-order chi connectivity index (χ1) is 9.11. The number of nitrogens with one attached hydrogen (secondary N) is 1. The van der Waals surface area contributed by atoms with E-state index in [-0.39, 0.29) is 6.04 Å². The molecule has 0 amide bonds. The average Bonchev–Trinajstić information content (AvgIpc) is 2.39. The Kier molecular flexibility index (Phi) is 4.67. The molecule has 19 heavy (non-hydrogen) atoms. The van der Waals surface area contributed by atoms with Crippen LogP contribution in [-0.2, 0) is 0 Å². The molecule has 4 heteroatoms. The lowest BCUT2D eigenvalue weighted by atomic mass is 10.0. The summed E-state index contributed by atoms with van der Waals surface area (Å²) in [5.74, 6) is 0. The van der Waals surface area contributed by atoms with Gasteiger partial charge in [-0.3, -0.25) is 4.98 Å². The Balaban J connectivity index is 2.28. The number of nitrogens with zero attached hydrogens (tertiary/aromatic N) is 1. The van der Waals surface area contributed by atoms with Crippen molar-refractivity contribution < 1.29 is 0 Å². The summed E-state index contributed by atoms with van der Waals surface area (Å²) >= 11 is 12.2. The molecule has 1 aromatic heterocycles. The Hall–Kier alpha value is -1.25. The van der Waals surface area contributed by atoms with Gasteiger partial charge in [0.15, 0.2) is 0 Å². The van der Waals surface area contributed by atoms with Gasteiger partial charge in [0.25, 0.3) is 0 Å². The van der Waals surface area contributed by atoms with Gasteiger partial charge in [0.1, 0.15) is 0 Å². The number of hydrogen-bond acceptors (Lipinski definition) is 2. The molecule has 0 fully saturated rings. The predicted octanol–water partition coefficient (Wildman–Crippen LogP) is 5.26. The van der Waals surface area contributed by atoms with Gasteiger partial charge in [-0.15, -0.1) is 0 Å². The monoisotopic (exact) mass is 294 g/mol. The minimum Gasteiger partial charge on any atom is -0.377 e. The number of benzene rings is 1. The SMILES string of the molecule is CCC(Nc1cccnc1C)c1ccc(Cl)cc1Cl. The van der Waals surface area contributed by atoms with Crippen LogP contribution in [0.5, 0.6) is 0 Å². The molecule has 1 aromatic carbocycles. The lowest BCUT2D eigenvalue weighted by molar-refractivity contribution is 0.747. The van der Waals surface area contributed by atoms with Gasteiger partial charge < -0.3 is 5.32 Å². The summed E-state index contributed by atoms with van der Waals surface area (Å²) in [5, 5.41) is 4.83. The second-order valence-electron chi connectivity index (χ2n) is 4.41. The number of anilines is 1. The van der Waals surface area contributed by atoms with Crippen LogP contribution in [0.25, 0.3) is 0 Å². The first-order valence-corrected chi connectivity index (χ1v) is 7.00. The topological polar surface area (TPSA) is 24.9 Å². The molecule has 0 aliphatic rings. The van der Waals surface area contributed by atoms with Crippen LogP contribution in [0.1, 0.15) is 30.6 Å². The number of aryl methyl sites for hydroxylation is 1. The van der Waals surface area contributed by atoms with Gasteiger partial charge in [0, 0.05) is 16.2 Å². The number of pyridine rings is 1. The third kappa shape index (κ3) is 3.40. The summed E-state index contributed by atoms with van der Waals surface area (Å²) in [6, 6.07) is 9.70. The summed E-state index contributed by atoms with van der Waals surface area (Å²) in [6.07, 6.45) is 2.71. The van der Waals surface area contributed by atoms with E-state index >= 15 is 0 Å². The van der Waals surface area contributed by atoms with E-state index in [1.165, 1.54) is 0 Å². The Morgan fingerprint density at radius 2 is 2.05 bits per heavy atom. The van der Waals surface area contributed by atoms with Gasteiger partial charge >= 0.3 is 0 Å². The lowest BCUT2D eigenvalue weighted by Gasteiger charge is -2.21. The molecular weight excluding hydrogens is 279 g/mol. The van der Waals surface area contributed by atoms with E-state index in [2.05, 4.69) is 17.2 Å². The molecule has 2 aromatic rings. The second-order valence-corrected chi connectivity index (χ2v) is 5.25. The first-order valence-electron chi connectivity index (χ1n) is 6.25. The van der Waals surface area contributed by atoms with Crippen LogP contribution in [0.4, 0.5) is 5.69 Å². The third-order valence-electron chi connectivity index (χ3n) is 3.08. The molecule has 0 bridgehead atoms. The van der Waals surface area contributed by atoms with Crippen molar-refractivity contribution in [3.63, 3.8) is 0 Å². The van der Waals surface area contributed by atoms with E-state index in [1.807, 2.05) is 31.2 Å². The highest BCUT2D eigenvalue weighted by Crippen LogP contribution is 2.31. The van der Waals surface area contributed by atoms with Crippen LogP contribution in [-0.4, -0.2) is 4.98 Å². The van der Waals surface area contributed by atoms with E-state index in [0.29, 0.717) is 10.0 Å². The highest BCUT2D eigenvalue weighted by atomic mass is 35.5. The van der Waals surface area contributed by atoms with Crippen molar-refractivity contribution in [2.45, 2.75) is 26.3 Å². The quantitative estimate of drug-likeness (QED) is 0.832. The molecule has 0 spiro atoms. The minimum absolute atomic E-state index is 0.146. The molecule has 2 nitrogen and oxygen atoms in total. The molecule has 0 saturated heterocycles. The van der Waals surface area contributed by atoms with E-state index in [1.54, 1.807) is 12.3 Å². The van der Waals surface area contributed by atoms with Gasteiger partial charge in [-0.25, -0.2) is 0 Å². The van der Waals surface area contributed by atoms with Crippen LogP contribution in [0.15, 0.2) is 36.5 Å². The molecule has 100 valence electrons. The summed E-state index contributed by atoms with van der Waals surface area (Å²) in [7, 11) is 0.